The Morgan fingerprint density at radius 2 is 1.88 bits per heavy atom. The highest BCUT2D eigenvalue weighted by molar-refractivity contribution is 5.43. The maximum absolute atomic E-state index is 2.47. The van der Waals surface area contributed by atoms with Gasteiger partial charge in [-0.1, -0.05) is 36.4 Å². The molecule has 1 fully saturated rings. The molecule has 1 heterocycles. The predicted molar refractivity (Wildman–Crippen MR) is 67.7 cm³/mol. The SMILES string of the molecule is CN1CCC2(C=CCc3ccccc32)CC1. The van der Waals surface area contributed by atoms with Crippen LogP contribution in [0.25, 0.3) is 0 Å². The van der Waals surface area contributed by atoms with Gasteiger partial charge in [-0.3, -0.25) is 0 Å². The monoisotopic (exact) mass is 213 g/mol. The van der Waals surface area contributed by atoms with Crippen LogP contribution in [0.4, 0.5) is 0 Å². The van der Waals surface area contributed by atoms with E-state index in [4.69, 9.17) is 0 Å². The second-order valence-electron chi connectivity index (χ2n) is 5.22. The third kappa shape index (κ3) is 1.51. The van der Waals surface area contributed by atoms with Gasteiger partial charge >= 0.3 is 0 Å². The maximum atomic E-state index is 2.47. The van der Waals surface area contributed by atoms with Crippen LogP contribution in [0.15, 0.2) is 36.4 Å². The lowest BCUT2D eigenvalue weighted by atomic mass is 9.68. The Balaban J connectivity index is 2.01. The summed E-state index contributed by atoms with van der Waals surface area (Å²) >= 11 is 0. The Bertz CT molecular complexity index is 411. The van der Waals surface area contributed by atoms with Crippen molar-refractivity contribution in [2.75, 3.05) is 20.1 Å². The first-order valence-corrected chi connectivity index (χ1v) is 6.25. The van der Waals surface area contributed by atoms with Crippen molar-refractivity contribution in [2.45, 2.75) is 24.7 Å². The lowest BCUT2D eigenvalue weighted by molar-refractivity contribution is 0.216. The van der Waals surface area contributed by atoms with Crippen LogP contribution in [0.5, 0.6) is 0 Å². The molecule has 0 radical (unpaired) electrons. The minimum absolute atomic E-state index is 0.349. The molecular formula is C15H19N. The Morgan fingerprint density at radius 1 is 1.12 bits per heavy atom. The number of allylic oxidation sites excluding steroid dienone is 2. The van der Waals surface area contributed by atoms with Gasteiger partial charge in [-0.2, -0.15) is 0 Å². The number of hydrogen-bond donors (Lipinski definition) is 0. The van der Waals surface area contributed by atoms with Gasteiger partial charge in [-0.05, 0) is 50.5 Å². The number of likely N-dealkylation sites (tertiary alicyclic amines) is 1. The predicted octanol–water partition coefficient (Wildman–Crippen LogP) is 2.76. The van der Waals surface area contributed by atoms with Gasteiger partial charge in [0.25, 0.3) is 0 Å². The number of fused-ring (bicyclic) bond motifs is 2. The van der Waals surface area contributed by atoms with Crippen molar-refractivity contribution in [1.29, 1.82) is 0 Å². The van der Waals surface area contributed by atoms with Gasteiger partial charge in [0.1, 0.15) is 0 Å². The van der Waals surface area contributed by atoms with Gasteiger partial charge in [-0.25, -0.2) is 0 Å². The zero-order valence-electron chi connectivity index (χ0n) is 9.95. The molecule has 1 aromatic rings. The van der Waals surface area contributed by atoms with E-state index in [0.717, 1.165) is 6.42 Å². The lowest BCUT2D eigenvalue weighted by Crippen LogP contribution is -2.41. The molecule has 2 aliphatic rings. The summed E-state index contributed by atoms with van der Waals surface area (Å²) < 4.78 is 0. The minimum atomic E-state index is 0.349. The third-order valence-corrected chi connectivity index (χ3v) is 4.21. The normalized spacial score (nSPS) is 23.3. The molecule has 3 rings (SSSR count). The fourth-order valence-electron chi connectivity index (χ4n) is 3.14. The van der Waals surface area contributed by atoms with Crippen LogP contribution in [0.2, 0.25) is 0 Å². The molecule has 0 amide bonds. The van der Waals surface area contributed by atoms with E-state index < -0.39 is 0 Å². The van der Waals surface area contributed by atoms with Crippen molar-refractivity contribution >= 4 is 0 Å². The van der Waals surface area contributed by atoms with Crippen LogP contribution in [0, 0.1) is 0 Å². The van der Waals surface area contributed by atoms with E-state index in [9.17, 15) is 0 Å². The summed E-state index contributed by atoms with van der Waals surface area (Å²) in [5, 5.41) is 0. The molecule has 1 saturated heterocycles. The van der Waals surface area contributed by atoms with E-state index in [2.05, 4.69) is 48.4 Å². The van der Waals surface area contributed by atoms with Crippen molar-refractivity contribution in [2.24, 2.45) is 0 Å². The molecule has 0 aromatic heterocycles. The van der Waals surface area contributed by atoms with Gasteiger partial charge < -0.3 is 4.90 Å². The summed E-state index contributed by atoms with van der Waals surface area (Å²) in [5.41, 5.74) is 3.47. The van der Waals surface area contributed by atoms with Crippen molar-refractivity contribution < 1.29 is 0 Å². The zero-order valence-corrected chi connectivity index (χ0v) is 9.95. The van der Waals surface area contributed by atoms with Crippen LogP contribution in [-0.4, -0.2) is 25.0 Å². The van der Waals surface area contributed by atoms with E-state index >= 15 is 0 Å². The second-order valence-corrected chi connectivity index (χ2v) is 5.22. The average molecular weight is 213 g/mol. The maximum Gasteiger partial charge on any atom is 0.0159 e. The van der Waals surface area contributed by atoms with Crippen molar-refractivity contribution in [1.82, 2.24) is 4.90 Å². The van der Waals surface area contributed by atoms with Crippen molar-refractivity contribution in [3.8, 4) is 0 Å². The first-order valence-electron chi connectivity index (χ1n) is 6.25. The zero-order chi connectivity index (χ0) is 11.0. The quantitative estimate of drug-likeness (QED) is 0.599. The minimum Gasteiger partial charge on any atom is -0.306 e. The Morgan fingerprint density at radius 3 is 2.69 bits per heavy atom. The molecule has 1 aliphatic heterocycles. The summed E-state index contributed by atoms with van der Waals surface area (Å²) in [6, 6.07) is 8.99. The molecular weight excluding hydrogens is 194 g/mol. The number of benzene rings is 1. The van der Waals surface area contributed by atoms with E-state index in [1.54, 1.807) is 5.56 Å². The summed E-state index contributed by atoms with van der Waals surface area (Å²) in [6.07, 6.45) is 8.51. The second kappa shape index (κ2) is 3.74. The highest BCUT2D eigenvalue weighted by Gasteiger charge is 2.35. The molecule has 1 aliphatic carbocycles. The van der Waals surface area contributed by atoms with Crippen LogP contribution >= 0.6 is 0 Å². The summed E-state index contributed by atoms with van der Waals surface area (Å²) in [5.74, 6) is 0. The Hall–Kier alpha value is -1.08. The number of rotatable bonds is 0. The summed E-state index contributed by atoms with van der Waals surface area (Å²) in [4.78, 5) is 2.44. The van der Waals surface area contributed by atoms with Crippen molar-refractivity contribution in [3.63, 3.8) is 0 Å². The standard InChI is InChI=1S/C15H19N/c1-16-11-9-15(10-12-16)8-4-6-13-5-2-3-7-14(13)15/h2-5,7-8H,6,9-12H2,1H3. The fraction of sp³-hybridized carbons (Fsp3) is 0.467. The van der Waals surface area contributed by atoms with Crippen LogP contribution < -0.4 is 0 Å². The van der Waals surface area contributed by atoms with Crippen LogP contribution in [-0.2, 0) is 11.8 Å². The fourth-order valence-corrected chi connectivity index (χ4v) is 3.14. The third-order valence-electron chi connectivity index (χ3n) is 4.21. The Labute approximate surface area is 97.8 Å². The van der Waals surface area contributed by atoms with E-state index in [0.29, 0.717) is 5.41 Å². The first kappa shape index (κ1) is 10.1. The van der Waals surface area contributed by atoms with Gasteiger partial charge in [0.2, 0.25) is 0 Å². The molecule has 0 saturated carbocycles. The molecule has 0 unspecified atom stereocenters. The van der Waals surface area contributed by atoms with Gasteiger partial charge in [0.15, 0.2) is 0 Å². The topological polar surface area (TPSA) is 3.24 Å². The molecule has 1 spiro atoms. The largest absolute Gasteiger partial charge is 0.306 e. The molecule has 84 valence electrons. The molecule has 0 bridgehead atoms. The molecule has 1 aromatic carbocycles. The molecule has 1 heteroatoms. The highest BCUT2D eigenvalue weighted by Crippen LogP contribution is 2.40. The van der Waals surface area contributed by atoms with Gasteiger partial charge in [0, 0.05) is 5.41 Å². The number of hydrogen-bond acceptors (Lipinski definition) is 1. The van der Waals surface area contributed by atoms with Crippen molar-refractivity contribution in [3.05, 3.63) is 47.5 Å². The first-order chi connectivity index (χ1) is 7.80. The molecule has 16 heavy (non-hydrogen) atoms. The molecule has 0 atom stereocenters. The van der Waals surface area contributed by atoms with E-state index in [-0.39, 0.29) is 0 Å². The number of piperidine rings is 1. The van der Waals surface area contributed by atoms with Gasteiger partial charge in [-0.15, -0.1) is 0 Å². The van der Waals surface area contributed by atoms with Crippen LogP contribution in [0.1, 0.15) is 24.0 Å². The molecule has 1 nitrogen and oxygen atoms in total. The summed E-state index contributed by atoms with van der Waals surface area (Å²) in [7, 11) is 2.23. The highest BCUT2D eigenvalue weighted by atomic mass is 15.1. The number of nitrogens with zero attached hydrogens (tertiary/aromatic N) is 1. The smallest absolute Gasteiger partial charge is 0.0159 e. The van der Waals surface area contributed by atoms with E-state index in [1.807, 2.05) is 0 Å². The lowest BCUT2D eigenvalue weighted by Gasteiger charge is -2.41. The Kier molecular flexibility index (Phi) is 2.36. The van der Waals surface area contributed by atoms with E-state index in [1.165, 1.54) is 31.5 Å². The average Bonchev–Trinajstić information content (AvgIpc) is 2.34. The summed E-state index contributed by atoms with van der Waals surface area (Å²) in [6.45, 7) is 2.44. The molecule has 0 N–H and O–H groups in total. The van der Waals surface area contributed by atoms with Gasteiger partial charge in [0.05, 0.1) is 0 Å². The van der Waals surface area contributed by atoms with Crippen LogP contribution in [0.3, 0.4) is 0 Å².